The standard InChI is InChI=1S/C20H24N2O4S/c23-20(24)16-18-8-6-17(7-9-18)10-11-21-12-14-22(15-13-21)27(25,26)19-4-2-1-3-5-19/h1-9H,10-16H2,(H,23,24). The lowest BCUT2D eigenvalue weighted by Crippen LogP contribution is -2.48. The topological polar surface area (TPSA) is 77.9 Å². The molecule has 1 fully saturated rings. The molecule has 144 valence electrons. The predicted octanol–water partition coefficient (Wildman–Crippen LogP) is 1.86. The Hall–Kier alpha value is -2.22. The van der Waals surface area contributed by atoms with E-state index in [1.807, 2.05) is 30.3 Å². The van der Waals surface area contributed by atoms with Gasteiger partial charge in [0.2, 0.25) is 10.0 Å². The van der Waals surface area contributed by atoms with Crippen molar-refractivity contribution in [2.45, 2.75) is 17.7 Å². The van der Waals surface area contributed by atoms with Crippen LogP contribution in [0.3, 0.4) is 0 Å². The number of nitrogens with zero attached hydrogens (tertiary/aromatic N) is 2. The van der Waals surface area contributed by atoms with Crippen molar-refractivity contribution >= 4 is 16.0 Å². The Labute approximate surface area is 160 Å². The van der Waals surface area contributed by atoms with Gasteiger partial charge in [-0.1, -0.05) is 42.5 Å². The van der Waals surface area contributed by atoms with E-state index in [-0.39, 0.29) is 6.42 Å². The van der Waals surface area contributed by atoms with Gasteiger partial charge in [0.1, 0.15) is 0 Å². The summed E-state index contributed by atoms with van der Waals surface area (Å²) in [5.74, 6) is -0.828. The van der Waals surface area contributed by atoms with Gasteiger partial charge in [-0.2, -0.15) is 4.31 Å². The molecule has 0 aliphatic carbocycles. The maximum absolute atomic E-state index is 12.6. The number of hydrogen-bond donors (Lipinski definition) is 1. The van der Waals surface area contributed by atoms with E-state index in [2.05, 4.69) is 4.90 Å². The SMILES string of the molecule is O=C(O)Cc1ccc(CCN2CCN(S(=O)(=O)c3ccccc3)CC2)cc1. The maximum atomic E-state index is 12.6. The van der Waals surface area contributed by atoms with Crippen molar-refractivity contribution in [1.82, 2.24) is 9.21 Å². The van der Waals surface area contributed by atoms with E-state index in [9.17, 15) is 13.2 Å². The first-order valence-corrected chi connectivity index (χ1v) is 10.5. The summed E-state index contributed by atoms with van der Waals surface area (Å²) in [5.41, 5.74) is 1.95. The highest BCUT2D eigenvalue weighted by Gasteiger charge is 2.28. The lowest BCUT2D eigenvalue weighted by atomic mass is 10.1. The van der Waals surface area contributed by atoms with Gasteiger partial charge < -0.3 is 10.0 Å². The molecule has 0 saturated carbocycles. The fraction of sp³-hybridized carbons (Fsp3) is 0.350. The van der Waals surface area contributed by atoms with E-state index < -0.39 is 16.0 Å². The van der Waals surface area contributed by atoms with E-state index in [0.29, 0.717) is 31.1 Å². The quantitative estimate of drug-likeness (QED) is 0.783. The number of aliphatic carboxylic acids is 1. The second-order valence-electron chi connectivity index (χ2n) is 6.70. The number of hydrogen-bond acceptors (Lipinski definition) is 4. The van der Waals surface area contributed by atoms with Crippen LogP contribution >= 0.6 is 0 Å². The third kappa shape index (κ3) is 5.15. The third-order valence-electron chi connectivity index (χ3n) is 4.81. The molecular weight excluding hydrogens is 364 g/mol. The summed E-state index contributed by atoms with van der Waals surface area (Å²) < 4.78 is 26.8. The molecule has 0 bridgehead atoms. The molecule has 1 N–H and O–H groups in total. The number of carboxylic acids is 1. The molecule has 0 amide bonds. The van der Waals surface area contributed by atoms with Crippen molar-refractivity contribution in [3.8, 4) is 0 Å². The van der Waals surface area contributed by atoms with Crippen LogP contribution in [0.4, 0.5) is 0 Å². The van der Waals surface area contributed by atoms with Gasteiger partial charge in [-0.25, -0.2) is 8.42 Å². The van der Waals surface area contributed by atoms with Gasteiger partial charge in [0.05, 0.1) is 11.3 Å². The van der Waals surface area contributed by atoms with Gasteiger partial charge >= 0.3 is 5.97 Å². The summed E-state index contributed by atoms with van der Waals surface area (Å²) in [6.07, 6.45) is 0.900. The summed E-state index contributed by atoms with van der Waals surface area (Å²) in [6, 6.07) is 16.2. The zero-order valence-electron chi connectivity index (χ0n) is 15.1. The first-order chi connectivity index (χ1) is 12.9. The van der Waals surface area contributed by atoms with Crippen LogP contribution < -0.4 is 0 Å². The minimum atomic E-state index is -3.41. The first-order valence-electron chi connectivity index (χ1n) is 9.02. The van der Waals surface area contributed by atoms with Gasteiger partial charge in [0.25, 0.3) is 0 Å². The zero-order chi connectivity index (χ0) is 19.3. The minimum absolute atomic E-state index is 0.0398. The van der Waals surface area contributed by atoms with Crippen molar-refractivity contribution in [3.05, 3.63) is 65.7 Å². The van der Waals surface area contributed by atoms with Gasteiger partial charge in [-0.3, -0.25) is 4.79 Å². The fourth-order valence-electron chi connectivity index (χ4n) is 3.22. The largest absolute Gasteiger partial charge is 0.481 e. The van der Waals surface area contributed by atoms with Crippen LogP contribution in [-0.2, 0) is 27.7 Å². The van der Waals surface area contributed by atoms with Gasteiger partial charge in [-0.15, -0.1) is 0 Å². The summed E-state index contributed by atoms with van der Waals surface area (Å²) in [6.45, 7) is 3.27. The van der Waals surface area contributed by atoms with Crippen LogP contribution in [0.25, 0.3) is 0 Å². The summed E-state index contributed by atoms with van der Waals surface area (Å²) in [7, 11) is -3.41. The van der Waals surface area contributed by atoms with E-state index in [1.54, 1.807) is 28.6 Å². The number of carbonyl (C=O) groups is 1. The Kier molecular flexibility index (Phi) is 6.26. The van der Waals surface area contributed by atoms with E-state index in [4.69, 9.17) is 5.11 Å². The summed E-state index contributed by atoms with van der Waals surface area (Å²) >= 11 is 0. The molecule has 6 nitrogen and oxygen atoms in total. The molecule has 0 unspecified atom stereocenters. The Balaban J connectivity index is 1.49. The monoisotopic (exact) mass is 388 g/mol. The molecule has 0 atom stereocenters. The number of sulfonamides is 1. The lowest BCUT2D eigenvalue weighted by Gasteiger charge is -2.34. The van der Waals surface area contributed by atoms with Crippen molar-refractivity contribution in [1.29, 1.82) is 0 Å². The Morgan fingerprint density at radius 2 is 1.48 bits per heavy atom. The second-order valence-corrected chi connectivity index (χ2v) is 8.63. The molecule has 0 radical (unpaired) electrons. The maximum Gasteiger partial charge on any atom is 0.307 e. The Morgan fingerprint density at radius 3 is 2.07 bits per heavy atom. The first kappa shape index (κ1) is 19.5. The number of carboxylic acid groups (broad SMARTS) is 1. The molecule has 7 heteroatoms. The van der Waals surface area contributed by atoms with Crippen LogP contribution in [0, 0.1) is 0 Å². The van der Waals surface area contributed by atoms with E-state index in [1.165, 1.54) is 0 Å². The summed E-state index contributed by atoms with van der Waals surface area (Å²) in [4.78, 5) is 13.3. The van der Waals surface area contributed by atoms with Crippen molar-refractivity contribution in [3.63, 3.8) is 0 Å². The predicted molar refractivity (Wildman–Crippen MR) is 103 cm³/mol. The second kappa shape index (κ2) is 8.65. The van der Waals surface area contributed by atoms with Crippen LogP contribution in [0.1, 0.15) is 11.1 Å². The molecular formula is C20H24N2O4S. The summed E-state index contributed by atoms with van der Waals surface area (Å²) in [5, 5.41) is 8.81. The molecule has 1 aliphatic rings. The highest BCUT2D eigenvalue weighted by Crippen LogP contribution is 2.17. The number of rotatable bonds is 7. The highest BCUT2D eigenvalue weighted by molar-refractivity contribution is 7.89. The normalized spacial score (nSPS) is 16.3. The molecule has 1 heterocycles. The van der Waals surface area contributed by atoms with Crippen LogP contribution in [0.5, 0.6) is 0 Å². The van der Waals surface area contributed by atoms with Gasteiger partial charge in [0, 0.05) is 32.7 Å². The molecule has 2 aromatic carbocycles. The Bertz CT molecular complexity index is 859. The highest BCUT2D eigenvalue weighted by atomic mass is 32.2. The van der Waals surface area contributed by atoms with Crippen LogP contribution in [-0.4, -0.2) is 61.4 Å². The molecule has 0 aromatic heterocycles. The van der Waals surface area contributed by atoms with Crippen molar-refractivity contribution in [2.75, 3.05) is 32.7 Å². The van der Waals surface area contributed by atoms with Gasteiger partial charge in [0.15, 0.2) is 0 Å². The van der Waals surface area contributed by atoms with Crippen molar-refractivity contribution in [2.24, 2.45) is 0 Å². The van der Waals surface area contributed by atoms with Crippen LogP contribution in [0.15, 0.2) is 59.5 Å². The smallest absolute Gasteiger partial charge is 0.307 e. The average molecular weight is 388 g/mol. The lowest BCUT2D eigenvalue weighted by molar-refractivity contribution is -0.136. The Morgan fingerprint density at radius 1 is 0.889 bits per heavy atom. The van der Waals surface area contributed by atoms with E-state index >= 15 is 0 Å². The zero-order valence-corrected chi connectivity index (χ0v) is 15.9. The van der Waals surface area contributed by atoms with E-state index in [0.717, 1.165) is 24.1 Å². The molecule has 2 aromatic rings. The third-order valence-corrected chi connectivity index (χ3v) is 6.72. The molecule has 3 rings (SSSR count). The molecule has 0 spiro atoms. The average Bonchev–Trinajstić information content (AvgIpc) is 2.68. The number of benzene rings is 2. The molecule has 1 aliphatic heterocycles. The van der Waals surface area contributed by atoms with Crippen LogP contribution in [0.2, 0.25) is 0 Å². The number of piperazine rings is 1. The van der Waals surface area contributed by atoms with Gasteiger partial charge in [-0.05, 0) is 29.7 Å². The molecule has 27 heavy (non-hydrogen) atoms. The van der Waals surface area contributed by atoms with Crippen molar-refractivity contribution < 1.29 is 18.3 Å². The fourth-order valence-corrected chi connectivity index (χ4v) is 4.66. The minimum Gasteiger partial charge on any atom is -0.481 e. The molecule has 1 saturated heterocycles.